The molecular formula is C23H27N5O. The quantitative estimate of drug-likeness (QED) is 0.475. The van der Waals surface area contributed by atoms with Gasteiger partial charge in [0.05, 0.1) is 16.6 Å². The first-order valence-corrected chi connectivity index (χ1v) is 10.2. The number of carbonyl (C=O) groups is 1. The van der Waals surface area contributed by atoms with Crippen LogP contribution in [0.3, 0.4) is 0 Å². The highest BCUT2D eigenvalue weighted by Gasteiger charge is 2.26. The predicted molar refractivity (Wildman–Crippen MR) is 117 cm³/mol. The summed E-state index contributed by atoms with van der Waals surface area (Å²) in [5.41, 5.74) is 3.75. The molecule has 3 heterocycles. The van der Waals surface area contributed by atoms with Gasteiger partial charge in [0.2, 0.25) is 5.95 Å². The molecule has 0 spiro atoms. The summed E-state index contributed by atoms with van der Waals surface area (Å²) >= 11 is 0. The molecule has 6 heteroatoms. The van der Waals surface area contributed by atoms with Crippen molar-refractivity contribution in [1.82, 2.24) is 24.0 Å². The number of benzene rings is 1. The molecule has 0 radical (unpaired) electrons. The van der Waals surface area contributed by atoms with Gasteiger partial charge in [0.1, 0.15) is 5.69 Å². The fraction of sp³-hybridized carbons (Fsp3) is 0.348. The minimum Gasteiger partial charge on any atom is -0.340 e. The van der Waals surface area contributed by atoms with Crippen LogP contribution in [-0.4, -0.2) is 43.5 Å². The molecule has 0 bridgehead atoms. The Kier molecular flexibility index (Phi) is 5.09. The van der Waals surface area contributed by atoms with Crippen molar-refractivity contribution in [1.29, 1.82) is 0 Å². The Morgan fingerprint density at radius 2 is 1.83 bits per heavy atom. The number of para-hydroxylation sites is 1. The molecule has 0 aliphatic rings. The first-order valence-electron chi connectivity index (χ1n) is 10.2. The molecule has 0 aliphatic heterocycles. The Morgan fingerprint density at radius 1 is 1.10 bits per heavy atom. The van der Waals surface area contributed by atoms with E-state index in [1.165, 1.54) is 0 Å². The van der Waals surface area contributed by atoms with E-state index in [1.807, 2.05) is 29.8 Å². The van der Waals surface area contributed by atoms with E-state index in [0.717, 1.165) is 41.3 Å². The maximum absolute atomic E-state index is 13.4. The lowest BCUT2D eigenvalue weighted by Gasteiger charge is -2.18. The van der Waals surface area contributed by atoms with E-state index in [0.29, 0.717) is 11.6 Å². The Morgan fingerprint density at radius 3 is 2.52 bits per heavy atom. The first-order chi connectivity index (χ1) is 14.0. The molecule has 3 aromatic heterocycles. The van der Waals surface area contributed by atoms with E-state index in [4.69, 9.17) is 0 Å². The fourth-order valence-electron chi connectivity index (χ4n) is 3.97. The number of rotatable bonds is 6. The SMILES string of the molecule is CCCCN(C)C(=O)c1cc2c(c3ccccc3n2C(C)C)n1-c1ncccn1. The molecule has 0 saturated heterocycles. The second-order valence-electron chi connectivity index (χ2n) is 7.71. The average molecular weight is 390 g/mol. The topological polar surface area (TPSA) is 56.0 Å². The summed E-state index contributed by atoms with van der Waals surface area (Å²) in [7, 11) is 1.86. The first kappa shape index (κ1) is 19.2. The molecule has 0 aliphatic carbocycles. The van der Waals surface area contributed by atoms with Gasteiger partial charge >= 0.3 is 0 Å². The lowest BCUT2D eigenvalue weighted by atomic mass is 10.2. The van der Waals surface area contributed by atoms with E-state index in [2.05, 4.69) is 47.4 Å². The van der Waals surface area contributed by atoms with Crippen LogP contribution in [0.1, 0.15) is 50.1 Å². The van der Waals surface area contributed by atoms with E-state index in [9.17, 15) is 4.79 Å². The highest BCUT2D eigenvalue weighted by molar-refractivity contribution is 6.11. The summed E-state index contributed by atoms with van der Waals surface area (Å²) in [5, 5.41) is 1.10. The molecule has 0 N–H and O–H groups in total. The van der Waals surface area contributed by atoms with Crippen molar-refractivity contribution in [2.75, 3.05) is 13.6 Å². The molecule has 4 aromatic rings. The number of carbonyl (C=O) groups excluding carboxylic acids is 1. The van der Waals surface area contributed by atoms with E-state index in [1.54, 1.807) is 23.4 Å². The van der Waals surface area contributed by atoms with Crippen LogP contribution in [0.5, 0.6) is 0 Å². The normalized spacial score (nSPS) is 11.6. The van der Waals surface area contributed by atoms with Gasteiger partial charge < -0.3 is 9.47 Å². The summed E-state index contributed by atoms with van der Waals surface area (Å²) in [5.74, 6) is 0.503. The summed E-state index contributed by atoms with van der Waals surface area (Å²) in [6.45, 7) is 7.18. The van der Waals surface area contributed by atoms with Crippen LogP contribution >= 0.6 is 0 Å². The van der Waals surface area contributed by atoms with Gasteiger partial charge in [0.15, 0.2) is 0 Å². The lowest BCUT2D eigenvalue weighted by molar-refractivity contribution is 0.0785. The van der Waals surface area contributed by atoms with Gasteiger partial charge in [-0.1, -0.05) is 31.5 Å². The zero-order chi connectivity index (χ0) is 20.5. The third-order valence-corrected chi connectivity index (χ3v) is 5.34. The standard InChI is InChI=1S/C23H27N5O/c1-5-6-14-26(4)22(29)20-15-19-21(28(20)23-24-12-9-13-25-23)17-10-7-8-11-18(17)27(19)16(2)3/h7-13,15-16H,5-6,14H2,1-4H3. The maximum Gasteiger partial charge on any atom is 0.270 e. The largest absolute Gasteiger partial charge is 0.340 e. The zero-order valence-corrected chi connectivity index (χ0v) is 17.5. The van der Waals surface area contributed by atoms with Crippen LogP contribution in [0.25, 0.3) is 27.9 Å². The third kappa shape index (κ3) is 3.18. The molecule has 4 rings (SSSR count). The molecule has 0 fully saturated rings. The lowest BCUT2D eigenvalue weighted by Crippen LogP contribution is -2.29. The van der Waals surface area contributed by atoms with Gasteiger partial charge in [-0.3, -0.25) is 9.36 Å². The fourth-order valence-corrected chi connectivity index (χ4v) is 3.97. The van der Waals surface area contributed by atoms with Gasteiger partial charge in [-0.25, -0.2) is 9.97 Å². The number of amides is 1. The molecule has 0 unspecified atom stereocenters. The molecule has 0 atom stereocenters. The smallest absolute Gasteiger partial charge is 0.270 e. The molecule has 29 heavy (non-hydrogen) atoms. The number of hydrogen-bond acceptors (Lipinski definition) is 3. The monoisotopic (exact) mass is 389 g/mol. The Bertz CT molecular complexity index is 1160. The van der Waals surface area contributed by atoms with Crippen LogP contribution in [0.4, 0.5) is 0 Å². The average Bonchev–Trinajstić information content (AvgIpc) is 3.26. The van der Waals surface area contributed by atoms with Crippen molar-refractivity contribution in [3.63, 3.8) is 0 Å². The second kappa shape index (κ2) is 7.70. The highest BCUT2D eigenvalue weighted by atomic mass is 16.2. The minimum absolute atomic E-state index is 0.0125. The van der Waals surface area contributed by atoms with Crippen LogP contribution in [-0.2, 0) is 0 Å². The number of nitrogens with zero attached hydrogens (tertiary/aromatic N) is 5. The van der Waals surface area contributed by atoms with E-state index >= 15 is 0 Å². The predicted octanol–water partition coefficient (Wildman–Crippen LogP) is 4.83. The van der Waals surface area contributed by atoms with Gasteiger partial charge in [0, 0.05) is 37.4 Å². The summed E-state index contributed by atoms with van der Waals surface area (Å²) in [4.78, 5) is 24.1. The van der Waals surface area contributed by atoms with Crippen LogP contribution < -0.4 is 0 Å². The number of aromatic nitrogens is 4. The maximum atomic E-state index is 13.4. The molecular weight excluding hydrogens is 362 g/mol. The van der Waals surface area contributed by atoms with Crippen molar-refractivity contribution in [2.45, 2.75) is 39.7 Å². The van der Waals surface area contributed by atoms with E-state index in [-0.39, 0.29) is 11.9 Å². The van der Waals surface area contributed by atoms with E-state index < -0.39 is 0 Å². The number of unbranched alkanes of at least 4 members (excludes halogenated alkanes) is 1. The van der Waals surface area contributed by atoms with Crippen molar-refractivity contribution in [3.8, 4) is 5.95 Å². The number of fused-ring (bicyclic) bond motifs is 3. The van der Waals surface area contributed by atoms with Crippen LogP contribution in [0.15, 0.2) is 48.8 Å². The van der Waals surface area contributed by atoms with Gasteiger partial charge in [-0.05, 0) is 38.5 Å². The third-order valence-electron chi connectivity index (χ3n) is 5.34. The Labute approximate surface area is 170 Å². The minimum atomic E-state index is -0.0125. The molecule has 1 amide bonds. The van der Waals surface area contributed by atoms with Crippen LogP contribution in [0, 0.1) is 0 Å². The molecule has 0 saturated carbocycles. The Hall–Kier alpha value is -3.15. The highest BCUT2D eigenvalue weighted by Crippen LogP contribution is 2.35. The van der Waals surface area contributed by atoms with Crippen molar-refractivity contribution < 1.29 is 4.79 Å². The van der Waals surface area contributed by atoms with Crippen molar-refractivity contribution in [2.24, 2.45) is 0 Å². The molecule has 6 nitrogen and oxygen atoms in total. The summed E-state index contributed by atoms with van der Waals surface area (Å²) in [6, 6.07) is 12.3. The number of hydrogen-bond donors (Lipinski definition) is 0. The summed E-state index contributed by atoms with van der Waals surface area (Å²) in [6.07, 6.45) is 5.45. The van der Waals surface area contributed by atoms with Gasteiger partial charge in [-0.15, -0.1) is 0 Å². The zero-order valence-electron chi connectivity index (χ0n) is 17.5. The Balaban J connectivity index is 2.04. The second-order valence-corrected chi connectivity index (χ2v) is 7.71. The van der Waals surface area contributed by atoms with Gasteiger partial charge in [-0.2, -0.15) is 0 Å². The summed E-state index contributed by atoms with van der Waals surface area (Å²) < 4.78 is 4.20. The van der Waals surface area contributed by atoms with Gasteiger partial charge in [0.25, 0.3) is 5.91 Å². The van der Waals surface area contributed by atoms with Crippen molar-refractivity contribution in [3.05, 3.63) is 54.5 Å². The molecule has 150 valence electrons. The van der Waals surface area contributed by atoms with Crippen molar-refractivity contribution >= 4 is 27.8 Å². The molecule has 1 aromatic carbocycles. The van der Waals surface area contributed by atoms with Crippen LogP contribution in [0.2, 0.25) is 0 Å².